The van der Waals surface area contributed by atoms with Crippen LogP contribution in [0.3, 0.4) is 0 Å². The number of pyridine rings is 1. The van der Waals surface area contributed by atoms with Crippen LogP contribution < -0.4 is 10.4 Å². The lowest BCUT2D eigenvalue weighted by molar-refractivity contribution is -0.192. The largest absolute Gasteiger partial charge is 0.490 e. The maximum Gasteiger partial charge on any atom is 0.490 e. The molecule has 0 spiro atoms. The van der Waals surface area contributed by atoms with Crippen LogP contribution in [-0.4, -0.2) is 87.7 Å². The Morgan fingerprint density at radius 3 is 2.32 bits per heavy atom. The highest BCUT2D eigenvalue weighted by Gasteiger charge is 2.38. The molecule has 1 aromatic carbocycles. The van der Waals surface area contributed by atoms with Crippen molar-refractivity contribution in [1.82, 2.24) is 30.2 Å². The minimum Gasteiger partial charge on any atom is -0.475 e. The number of piperazine rings is 1. The van der Waals surface area contributed by atoms with Gasteiger partial charge in [-0.3, -0.25) is 14.7 Å². The van der Waals surface area contributed by atoms with E-state index >= 15 is 0 Å². The molecule has 3 aromatic rings. The summed E-state index contributed by atoms with van der Waals surface area (Å²) in [6.45, 7) is 9.89. The van der Waals surface area contributed by atoms with E-state index in [4.69, 9.17) is 9.90 Å². The fourth-order valence-electron chi connectivity index (χ4n) is 4.00. The number of carboxylic acids is 1. The van der Waals surface area contributed by atoms with Gasteiger partial charge in [-0.1, -0.05) is 38.1 Å². The normalized spacial score (nSPS) is 14.0. The second-order valence-corrected chi connectivity index (χ2v) is 11.3. The predicted molar refractivity (Wildman–Crippen MR) is 160 cm³/mol. The van der Waals surface area contributed by atoms with Crippen LogP contribution in [0.15, 0.2) is 53.4 Å². The van der Waals surface area contributed by atoms with E-state index in [-0.39, 0.29) is 23.5 Å². The smallest absolute Gasteiger partial charge is 0.475 e. The van der Waals surface area contributed by atoms with E-state index in [1.165, 1.54) is 23.0 Å². The van der Waals surface area contributed by atoms with Gasteiger partial charge in [-0.05, 0) is 46.1 Å². The molecular formula is C29H32BrF3N8O3. The van der Waals surface area contributed by atoms with Gasteiger partial charge in [0.05, 0.1) is 10.0 Å². The van der Waals surface area contributed by atoms with Crippen molar-refractivity contribution in [2.24, 2.45) is 5.92 Å². The third kappa shape index (κ3) is 10.1. The van der Waals surface area contributed by atoms with Gasteiger partial charge in [0, 0.05) is 63.4 Å². The number of likely N-dealkylation sites (N-methyl/N-ethyl adjacent to an activating group) is 1. The third-order valence-electron chi connectivity index (χ3n) is 6.42. The molecule has 1 aliphatic rings. The number of benzene rings is 1. The number of carbonyl (C=O) groups is 2. The van der Waals surface area contributed by atoms with E-state index in [9.17, 15) is 23.2 Å². The average Bonchev–Trinajstić information content (AvgIpc) is 2.99. The molecule has 0 atom stereocenters. The van der Waals surface area contributed by atoms with E-state index in [2.05, 4.69) is 77.4 Å². The molecule has 0 saturated carbocycles. The van der Waals surface area contributed by atoms with Crippen molar-refractivity contribution in [2.75, 3.05) is 44.8 Å². The number of nitrogens with one attached hydrogen (secondary N) is 1. The van der Waals surface area contributed by atoms with Gasteiger partial charge < -0.3 is 10.0 Å². The van der Waals surface area contributed by atoms with Gasteiger partial charge in [-0.15, -0.1) is 0 Å². The molecule has 2 N–H and O–H groups in total. The van der Waals surface area contributed by atoms with Crippen LogP contribution in [-0.2, 0) is 11.3 Å². The number of anilines is 1. The molecule has 0 unspecified atom stereocenters. The Morgan fingerprint density at radius 2 is 1.75 bits per heavy atom. The minimum atomic E-state index is -5.08. The number of rotatable bonds is 8. The number of hydrogen-bond acceptors (Lipinski definition) is 9. The topological polar surface area (TPSA) is 139 Å². The van der Waals surface area contributed by atoms with Gasteiger partial charge in [-0.25, -0.2) is 20.2 Å². The lowest BCUT2D eigenvalue weighted by Crippen LogP contribution is -2.45. The molecule has 4 rings (SSSR count). The number of nitriles is 1. The standard InChI is InChI=1S/C27H31BrN8O.C2HF3O2/c1-19(2)14-32-36(26-24(28)17-31-25(13-29)33-26)27(37)23-12-22(15-30-16-23)21-6-4-20(5-7-21)18-35-10-8-34(3)9-11-35;3-2(4,5)1(6)7/h4-7,12,15-17,19,32H,8-11,14,18H2,1-3H3;(H,6,7). The first-order valence-electron chi connectivity index (χ1n) is 13.5. The van der Waals surface area contributed by atoms with Crippen molar-refractivity contribution >= 4 is 33.6 Å². The van der Waals surface area contributed by atoms with Gasteiger partial charge in [0.1, 0.15) is 6.07 Å². The van der Waals surface area contributed by atoms with Crippen molar-refractivity contribution < 1.29 is 27.9 Å². The van der Waals surface area contributed by atoms with Gasteiger partial charge in [-0.2, -0.15) is 23.4 Å². The molecule has 234 valence electrons. The molecule has 15 heteroatoms. The lowest BCUT2D eigenvalue weighted by Gasteiger charge is -2.32. The van der Waals surface area contributed by atoms with Gasteiger partial charge in [0.25, 0.3) is 5.91 Å². The van der Waals surface area contributed by atoms with Crippen LogP contribution in [0.5, 0.6) is 0 Å². The van der Waals surface area contributed by atoms with Crippen molar-refractivity contribution in [1.29, 1.82) is 5.26 Å². The van der Waals surface area contributed by atoms with Gasteiger partial charge >= 0.3 is 12.1 Å². The SMILES string of the molecule is CC(C)CNN(C(=O)c1cncc(-c2ccc(CN3CCN(C)CC3)cc2)c1)c1nc(C#N)ncc1Br.O=C(O)C(F)(F)F. The molecular weight excluding hydrogens is 645 g/mol. The molecule has 3 heterocycles. The first-order valence-corrected chi connectivity index (χ1v) is 14.3. The Labute approximate surface area is 261 Å². The van der Waals surface area contributed by atoms with Gasteiger partial charge in [0.15, 0.2) is 5.82 Å². The zero-order valence-electron chi connectivity index (χ0n) is 24.3. The number of carboxylic acid groups (broad SMARTS) is 1. The number of nitrogens with zero attached hydrogens (tertiary/aromatic N) is 7. The van der Waals surface area contributed by atoms with E-state index in [0.717, 1.165) is 43.9 Å². The van der Waals surface area contributed by atoms with Crippen LogP contribution in [0.4, 0.5) is 19.0 Å². The average molecular weight is 678 g/mol. The van der Waals surface area contributed by atoms with E-state index in [0.29, 0.717) is 16.6 Å². The predicted octanol–water partition coefficient (Wildman–Crippen LogP) is 4.36. The highest BCUT2D eigenvalue weighted by molar-refractivity contribution is 9.10. The Kier molecular flexibility index (Phi) is 12.3. The fraction of sp³-hybridized carbons (Fsp3) is 0.379. The van der Waals surface area contributed by atoms with E-state index < -0.39 is 12.1 Å². The number of alkyl halides is 3. The van der Waals surface area contributed by atoms with Crippen LogP contribution >= 0.6 is 15.9 Å². The Hall–Kier alpha value is -3.97. The summed E-state index contributed by atoms with van der Waals surface area (Å²) in [6, 6.07) is 12.2. The zero-order valence-corrected chi connectivity index (χ0v) is 25.9. The number of amides is 1. The number of aromatic nitrogens is 3. The van der Waals surface area contributed by atoms with Gasteiger partial charge in [0.2, 0.25) is 5.82 Å². The molecule has 11 nitrogen and oxygen atoms in total. The molecule has 0 radical (unpaired) electrons. The lowest BCUT2D eigenvalue weighted by atomic mass is 10.0. The summed E-state index contributed by atoms with van der Waals surface area (Å²) in [5.74, 6) is -2.56. The summed E-state index contributed by atoms with van der Waals surface area (Å²) in [5, 5.41) is 17.7. The number of hydrazine groups is 1. The zero-order chi connectivity index (χ0) is 32.4. The monoisotopic (exact) mass is 676 g/mol. The maximum absolute atomic E-state index is 13.6. The first-order chi connectivity index (χ1) is 20.8. The van der Waals surface area contributed by atoms with Crippen molar-refractivity contribution in [3.63, 3.8) is 0 Å². The molecule has 1 saturated heterocycles. The molecule has 2 aromatic heterocycles. The highest BCUT2D eigenvalue weighted by Crippen LogP contribution is 2.26. The Bertz CT molecular complexity index is 1470. The van der Waals surface area contributed by atoms with Crippen molar-refractivity contribution in [2.45, 2.75) is 26.6 Å². The second-order valence-electron chi connectivity index (χ2n) is 10.4. The first kappa shape index (κ1) is 34.5. The van der Waals surface area contributed by atoms with Crippen LogP contribution in [0, 0.1) is 17.2 Å². The van der Waals surface area contributed by atoms with Crippen LogP contribution in [0.2, 0.25) is 0 Å². The number of halogens is 4. The summed E-state index contributed by atoms with van der Waals surface area (Å²) in [5.41, 5.74) is 6.65. The summed E-state index contributed by atoms with van der Waals surface area (Å²) >= 11 is 3.41. The Morgan fingerprint density at radius 1 is 1.11 bits per heavy atom. The number of hydrogen-bond donors (Lipinski definition) is 2. The van der Waals surface area contributed by atoms with Crippen molar-refractivity contribution in [3.8, 4) is 17.2 Å². The van der Waals surface area contributed by atoms with Crippen LogP contribution in [0.25, 0.3) is 11.1 Å². The maximum atomic E-state index is 13.6. The summed E-state index contributed by atoms with van der Waals surface area (Å²) in [4.78, 5) is 39.9. The van der Waals surface area contributed by atoms with Crippen LogP contribution in [0.1, 0.15) is 35.6 Å². The molecule has 1 amide bonds. The summed E-state index contributed by atoms with van der Waals surface area (Å²) in [7, 11) is 2.16. The molecule has 1 fully saturated rings. The highest BCUT2D eigenvalue weighted by atomic mass is 79.9. The minimum absolute atomic E-state index is 0.0223. The molecule has 1 aliphatic heterocycles. The summed E-state index contributed by atoms with van der Waals surface area (Å²) in [6.07, 6.45) is -0.318. The fourth-order valence-corrected chi connectivity index (χ4v) is 4.36. The summed E-state index contributed by atoms with van der Waals surface area (Å²) < 4.78 is 32.2. The Balaban J connectivity index is 0.000000676. The van der Waals surface area contributed by atoms with E-state index in [1.54, 1.807) is 6.20 Å². The quantitative estimate of drug-likeness (QED) is 0.331. The number of carbonyl (C=O) groups excluding carboxylic acids is 1. The molecule has 44 heavy (non-hydrogen) atoms. The third-order valence-corrected chi connectivity index (χ3v) is 6.97. The molecule has 0 aliphatic carbocycles. The van der Waals surface area contributed by atoms with E-state index in [1.807, 2.05) is 26.0 Å². The second kappa shape index (κ2) is 15.7. The van der Waals surface area contributed by atoms with Crippen molar-refractivity contribution in [3.05, 3.63) is 70.3 Å². The number of aliphatic carboxylic acids is 1. The molecule has 0 bridgehead atoms.